The van der Waals surface area contributed by atoms with Crippen LogP contribution in [-0.4, -0.2) is 34.6 Å². The predicted molar refractivity (Wildman–Crippen MR) is 129 cm³/mol. The van der Waals surface area contributed by atoms with Crippen molar-refractivity contribution in [2.45, 2.75) is 25.4 Å². The molecule has 0 N–H and O–H groups in total. The van der Waals surface area contributed by atoms with Crippen LogP contribution in [0.1, 0.15) is 34.7 Å². The molecule has 0 saturated carbocycles. The van der Waals surface area contributed by atoms with Gasteiger partial charge in [0.2, 0.25) is 0 Å². The fourth-order valence-electron chi connectivity index (χ4n) is 4.54. The maximum atomic E-state index is 13.5. The second kappa shape index (κ2) is 9.07. The highest BCUT2D eigenvalue weighted by Crippen LogP contribution is 2.37. The van der Waals surface area contributed by atoms with Gasteiger partial charge in [-0.1, -0.05) is 83.9 Å². The van der Waals surface area contributed by atoms with Gasteiger partial charge in [-0.15, -0.1) is 0 Å². The van der Waals surface area contributed by atoms with E-state index in [2.05, 4.69) is 29.2 Å². The summed E-state index contributed by atoms with van der Waals surface area (Å²) in [5.41, 5.74) is 5.21. The number of carbonyl (C=O) groups excluding carboxylic acids is 1. The standard InChI is InChI=1S/C26H23Cl2N3O/c27-22-11-5-3-9-20(22)24-15-25(21-10-4-6-12-23(21)28)31(29-24)26(32)17-30-14-13-18-7-1-2-8-19(18)16-30/h1-12,25H,13-17H2. The molecule has 3 aromatic carbocycles. The number of carbonyl (C=O) groups is 1. The maximum Gasteiger partial charge on any atom is 0.257 e. The van der Waals surface area contributed by atoms with Crippen molar-refractivity contribution in [2.75, 3.05) is 13.1 Å². The van der Waals surface area contributed by atoms with Gasteiger partial charge >= 0.3 is 0 Å². The molecule has 6 heteroatoms. The number of fused-ring (bicyclic) bond motifs is 1. The van der Waals surface area contributed by atoms with Crippen LogP contribution in [-0.2, 0) is 17.8 Å². The minimum atomic E-state index is -0.250. The van der Waals surface area contributed by atoms with Crippen LogP contribution in [0.4, 0.5) is 0 Å². The first kappa shape index (κ1) is 21.2. The van der Waals surface area contributed by atoms with Crippen LogP contribution >= 0.6 is 23.2 Å². The molecule has 1 atom stereocenters. The summed E-state index contributed by atoms with van der Waals surface area (Å²) in [6, 6.07) is 23.5. The van der Waals surface area contributed by atoms with E-state index in [4.69, 9.17) is 28.3 Å². The summed E-state index contributed by atoms with van der Waals surface area (Å²) in [6.07, 6.45) is 1.52. The van der Waals surface area contributed by atoms with Crippen molar-refractivity contribution in [2.24, 2.45) is 5.10 Å². The predicted octanol–water partition coefficient (Wildman–Crippen LogP) is 5.73. The van der Waals surface area contributed by atoms with E-state index in [1.165, 1.54) is 11.1 Å². The first-order valence-electron chi connectivity index (χ1n) is 10.8. The van der Waals surface area contributed by atoms with Crippen molar-refractivity contribution in [1.29, 1.82) is 0 Å². The van der Waals surface area contributed by atoms with E-state index in [0.29, 0.717) is 23.0 Å². The van der Waals surface area contributed by atoms with Crippen LogP contribution in [0.25, 0.3) is 0 Å². The Labute approximate surface area is 198 Å². The quantitative estimate of drug-likeness (QED) is 0.495. The van der Waals surface area contributed by atoms with Gasteiger partial charge in [-0.3, -0.25) is 9.69 Å². The smallest absolute Gasteiger partial charge is 0.257 e. The highest BCUT2D eigenvalue weighted by molar-refractivity contribution is 6.34. The van der Waals surface area contributed by atoms with Gasteiger partial charge < -0.3 is 0 Å². The summed E-state index contributed by atoms with van der Waals surface area (Å²) in [6.45, 7) is 1.94. The number of rotatable bonds is 4. The third-order valence-electron chi connectivity index (χ3n) is 6.18. The van der Waals surface area contributed by atoms with Gasteiger partial charge in [0.1, 0.15) is 0 Å². The minimum absolute atomic E-state index is 0.0312. The van der Waals surface area contributed by atoms with Gasteiger partial charge in [-0.25, -0.2) is 5.01 Å². The average molecular weight is 464 g/mol. The molecule has 1 unspecified atom stereocenters. The number of hydrogen-bond donors (Lipinski definition) is 0. The van der Waals surface area contributed by atoms with E-state index in [9.17, 15) is 4.79 Å². The largest absolute Gasteiger partial charge is 0.290 e. The monoisotopic (exact) mass is 463 g/mol. The first-order valence-corrected chi connectivity index (χ1v) is 11.5. The highest BCUT2D eigenvalue weighted by Gasteiger charge is 2.35. The lowest BCUT2D eigenvalue weighted by Crippen LogP contribution is -2.40. The molecule has 3 aromatic rings. The van der Waals surface area contributed by atoms with E-state index < -0.39 is 0 Å². The molecule has 1 amide bonds. The average Bonchev–Trinajstić information content (AvgIpc) is 3.25. The highest BCUT2D eigenvalue weighted by atomic mass is 35.5. The molecule has 32 heavy (non-hydrogen) atoms. The van der Waals surface area contributed by atoms with Gasteiger partial charge in [0.05, 0.1) is 18.3 Å². The molecule has 0 spiro atoms. The Hall–Kier alpha value is -2.66. The van der Waals surface area contributed by atoms with Crippen LogP contribution < -0.4 is 0 Å². The zero-order valence-corrected chi connectivity index (χ0v) is 19.1. The number of halogens is 2. The first-order chi connectivity index (χ1) is 15.6. The Bertz CT molecular complexity index is 1190. The topological polar surface area (TPSA) is 35.9 Å². The summed E-state index contributed by atoms with van der Waals surface area (Å²) in [4.78, 5) is 15.7. The fraction of sp³-hybridized carbons (Fsp3) is 0.231. The van der Waals surface area contributed by atoms with Crippen molar-refractivity contribution >= 4 is 34.8 Å². The molecular formula is C26H23Cl2N3O. The number of hydrogen-bond acceptors (Lipinski definition) is 3. The van der Waals surface area contributed by atoms with Crippen molar-refractivity contribution in [3.63, 3.8) is 0 Å². The molecular weight excluding hydrogens is 441 g/mol. The molecule has 0 aromatic heterocycles. The Morgan fingerprint density at radius 2 is 1.59 bits per heavy atom. The van der Waals surface area contributed by atoms with Crippen molar-refractivity contribution in [3.05, 3.63) is 105 Å². The molecule has 2 aliphatic heterocycles. The Morgan fingerprint density at radius 3 is 2.38 bits per heavy atom. The third kappa shape index (κ3) is 4.18. The van der Waals surface area contributed by atoms with E-state index in [1.54, 1.807) is 5.01 Å². The molecule has 5 rings (SSSR count). The number of hydrazone groups is 1. The minimum Gasteiger partial charge on any atom is -0.290 e. The normalized spacial score (nSPS) is 18.4. The molecule has 0 radical (unpaired) electrons. The van der Waals surface area contributed by atoms with E-state index in [0.717, 1.165) is 36.3 Å². The van der Waals surface area contributed by atoms with E-state index in [1.807, 2.05) is 48.5 Å². The summed E-state index contributed by atoms with van der Waals surface area (Å²) >= 11 is 13.0. The summed E-state index contributed by atoms with van der Waals surface area (Å²) < 4.78 is 0. The van der Waals surface area contributed by atoms with Gasteiger partial charge in [0.15, 0.2) is 0 Å². The number of amides is 1. The van der Waals surface area contributed by atoms with Crippen LogP contribution in [0.3, 0.4) is 0 Å². The lowest BCUT2D eigenvalue weighted by molar-refractivity contribution is -0.134. The second-order valence-corrected chi connectivity index (χ2v) is 9.05. The lowest BCUT2D eigenvalue weighted by atomic mass is 9.98. The molecule has 0 bridgehead atoms. The number of benzene rings is 3. The van der Waals surface area contributed by atoms with Gasteiger partial charge in [-0.05, 0) is 35.2 Å². The van der Waals surface area contributed by atoms with E-state index in [-0.39, 0.29) is 11.9 Å². The molecule has 162 valence electrons. The zero-order chi connectivity index (χ0) is 22.1. The fourth-order valence-corrected chi connectivity index (χ4v) is 5.05. The van der Waals surface area contributed by atoms with Crippen molar-refractivity contribution in [3.8, 4) is 0 Å². The van der Waals surface area contributed by atoms with Crippen LogP contribution in [0.5, 0.6) is 0 Å². The molecule has 2 aliphatic rings. The van der Waals surface area contributed by atoms with Crippen molar-refractivity contribution < 1.29 is 4.79 Å². The van der Waals surface area contributed by atoms with Crippen LogP contribution in [0, 0.1) is 0 Å². The summed E-state index contributed by atoms with van der Waals surface area (Å²) in [5.74, 6) is -0.0312. The Kier molecular flexibility index (Phi) is 6.01. The SMILES string of the molecule is O=C(CN1CCc2ccccc2C1)N1N=C(c2ccccc2Cl)CC1c1ccccc1Cl. The Balaban J connectivity index is 1.42. The maximum absolute atomic E-state index is 13.5. The van der Waals surface area contributed by atoms with Crippen LogP contribution in [0.15, 0.2) is 77.9 Å². The third-order valence-corrected chi connectivity index (χ3v) is 6.86. The molecule has 0 fully saturated rings. The lowest BCUT2D eigenvalue weighted by Gasteiger charge is -2.30. The summed E-state index contributed by atoms with van der Waals surface area (Å²) in [7, 11) is 0. The molecule has 0 aliphatic carbocycles. The zero-order valence-electron chi connectivity index (χ0n) is 17.5. The van der Waals surface area contributed by atoms with Crippen molar-refractivity contribution in [1.82, 2.24) is 9.91 Å². The summed E-state index contributed by atoms with van der Waals surface area (Å²) in [5, 5.41) is 7.64. The second-order valence-electron chi connectivity index (χ2n) is 8.24. The molecule has 2 heterocycles. The van der Waals surface area contributed by atoms with Gasteiger partial charge in [-0.2, -0.15) is 5.10 Å². The van der Waals surface area contributed by atoms with E-state index >= 15 is 0 Å². The van der Waals surface area contributed by atoms with Gasteiger partial charge in [0, 0.05) is 35.1 Å². The molecule has 4 nitrogen and oxygen atoms in total. The number of nitrogens with zero attached hydrogens (tertiary/aromatic N) is 3. The van der Waals surface area contributed by atoms with Gasteiger partial charge in [0.25, 0.3) is 5.91 Å². The Morgan fingerprint density at radius 1 is 0.906 bits per heavy atom. The molecule has 0 saturated heterocycles. The van der Waals surface area contributed by atoms with Crippen LogP contribution in [0.2, 0.25) is 10.0 Å².